The minimum atomic E-state index is -0.330. The van der Waals surface area contributed by atoms with E-state index in [-0.39, 0.29) is 17.5 Å². The Morgan fingerprint density at radius 1 is 1.38 bits per heavy atom. The van der Waals surface area contributed by atoms with Crippen molar-refractivity contribution >= 4 is 5.97 Å². The molecule has 0 aromatic carbocycles. The van der Waals surface area contributed by atoms with Gasteiger partial charge in [0.05, 0.1) is 12.7 Å². The van der Waals surface area contributed by atoms with Crippen molar-refractivity contribution in [1.82, 2.24) is 0 Å². The highest BCUT2D eigenvalue weighted by molar-refractivity contribution is 5.69. The normalized spacial score (nSPS) is 13.6. The predicted octanol–water partition coefficient (Wildman–Crippen LogP) is 2.91. The van der Waals surface area contributed by atoms with Gasteiger partial charge in [0, 0.05) is 6.42 Å². The van der Waals surface area contributed by atoms with Crippen molar-refractivity contribution in [3.8, 4) is 0 Å². The van der Waals surface area contributed by atoms with Gasteiger partial charge in [0.15, 0.2) is 0 Å². The van der Waals surface area contributed by atoms with Crippen molar-refractivity contribution < 1.29 is 14.6 Å². The molecule has 0 spiro atoms. The van der Waals surface area contributed by atoms with Gasteiger partial charge in [0.1, 0.15) is 0 Å². The van der Waals surface area contributed by atoms with E-state index >= 15 is 0 Å². The summed E-state index contributed by atoms with van der Waals surface area (Å²) in [7, 11) is 0. The maximum absolute atomic E-state index is 11.2. The van der Waals surface area contributed by atoms with E-state index in [0.29, 0.717) is 13.0 Å². The van der Waals surface area contributed by atoms with Crippen LogP contribution >= 0.6 is 0 Å². The van der Waals surface area contributed by atoms with Gasteiger partial charge in [-0.25, -0.2) is 0 Å². The maximum Gasteiger partial charge on any atom is 0.305 e. The lowest BCUT2D eigenvalue weighted by Crippen LogP contribution is -2.26. The summed E-state index contributed by atoms with van der Waals surface area (Å²) >= 11 is 0. The largest absolute Gasteiger partial charge is 0.466 e. The first-order chi connectivity index (χ1) is 7.40. The zero-order chi connectivity index (χ0) is 12.6. The molecule has 0 heterocycles. The van der Waals surface area contributed by atoms with Crippen molar-refractivity contribution in [3.05, 3.63) is 0 Å². The number of aliphatic hydroxyl groups is 1. The predicted molar refractivity (Wildman–Crippen MR) is 65.2 cm³/mol. The lowest BCUT2D eigenvalue weighted by molar-refractivity contribution is -0.144. The fourth-order valence-electron chi connectivity index (χ4n) is 1.32. The molecule has 0 aliphatic carbocycles. The average molecular weight is 230 g/mol. The molecule has 0 aromatic heterocycles. The molecule has 3 heteroatoms. The molecular formula is C13H26O3. The highest BCUT2D eigenvalue weighted by Crippen LogP contribution is 2.26. The topological polar surface area (TPSA) is 46.5 Å². The van der Waals surface area contributed by atoms with Crippen molar-refractivity contribution in [2.24, 2.45) is 5.41 Å². The molecule has 0 radical (unpaired) electrons. The molecule has 1 unspecified atom stereocenters. The van der Waals surface area contributed by atoms with Gasteiger partial charge in [-0.1, -0.05) is 27.2 Å². The SMILES string of the molecule is CCCCC(=O)OCCCC(C)(C)C(C)O. The van der Waals surface area contributed by atoms with Crippen molar-refractivity contribution in [2.75, 3.05) is 6.61 Å². The average Bonchev–Trinajstić information content (AvgIpc) is 2.21. The van der Waals surface area contributed by atoms with E-state index in [9.17, 15) is 9.90 Å². The number of hydrogen-bond donors (Lipinski definition) is 1. The van der Waals surface area contributed by atoms with Crippen LogP contribution in [0.25, 0.3) is 0 Å². The van der Waals surface area contributed by atoms with Gasteiger partial charge >= 0.3 is 5.97 Å². The van der Waals surface area contributed by atoms with E-state index in [0.717, 1.165) is 25.7 Å². The Morgan fingerprint density at radius 2 is 2.00 bits per heavy atom. The van der Waals surface area contributed by atoms with Gasteiger partial charge in [-0.2, -0.15) is 0 Å². The summed E-state index contributed by atoms with van der Waals surface area (Å²) < 4.78 is 5.10. The van der Waals surface area contributed by atoms with E-state index in [1.54, 1.807) is 6.92 Å². The molecule has 1 atom stereocenters. The number of aliphatic hydroxyl groups excluding tert-OH is 1. The molecule has 16 heavy (non-hydrogen) atoms. The van der Waals surface area contributed by atoms with Gasteiger partial charge in [-0.3, -0.25) is 4.79 Å². The molecule has 0 saturated heterocycles. The van der Waals surface area contributed by atoms with Gasteiger partial charge in [0.25, 0.3) is 0 Å². The lowest BCUT2D eigenvalue weighted by Gasteiger charge is -2.27. The standard InChI is InChI=1S/C13H26O3/c1-5-6-8-12(15)16-10-7-9-13(3,4)11(2)14/h11,14H,5-10H2,1-4H3. The summed E-state index contributed by atoms with van der Waals surface area (Å²) in [4.78, 5) is 11.2. The summed E-state index contributed by atoms with van der Waals surface area (Å²) in [6, 6.07) is 0. The Labute approximate surface area is 99.2 Å². The molecule has 0 amide bonds. The molecule has 0 bridgehead atoms. The van der Waals surface area contributed by atoms with E-state index in [2.05, 4.69) is 6.92 Å². The molecule has 0 aliphatic heterocycles. The Bertz CT molecular complexity index is 197. The Morgan fingerprint density at radius 3 is 2.50 bits per heavy atom. The monoisotopic (exact) mass is 230 g/mol. The van der Waals surface area contributed by atoms with Crippen LogP contribution in [-0.2, 0) is 9.53 Å². The van der Waals surface area contributed by atoms with Crippen LogP contribution in [-0.4, -0.2) is 23.8 Å². The molecule has 3 nitrogen and oxygen atoms in total. The number of carbonyl (C=O) groups excluding carboxylic acids is 1. The summed E-state index contributed by atoms with van der Waals surface area (Å²) in [5, 5.41) is 9.50. The van der Waals surface area contributed by atoms with E-state index < -0.39 is 0 Å². The highest BCUT2D eigenvalue weighted by Gasteiger charge is 2.23. The third-order valence-electron chi connectivity index (χ3n) is 3.09. The molecule has 1 N–H and O–H groups in total. The van der Waals surface area contributed by atoms with Gasteiger partial charge < -0.3 is 9.84 Å². The van der Waals surface area contributed by atoms with Gasteiger partial charge in [-0.15, -0.1) is 0 Å². The number of esters is 1. The third-order valence-corrected chi connectivity index (χ3v) is 3.09. The summed E-state index contributed by atoms with van der Waals surface area (Å²) in [5.41, 5.74) is -0.101. The van der Waals surface area contributed by atoms with Crippen LogP contribution in [0, 0.1) is 5.41 Å². The zero-order valence-corrected chi connectivity index (χ0v) is 11.1. The van der Waals surface area contributed by atoms with Gasteiger partial charge in [-0.05, 0) is 31.6 Å². The molecule has 0 fully saturated rings. The summed E-state index contributed by atoms with van der Waals surface area (Å²) in [5.74, 6) is -0.100. The first-order valence-electron chi connectivity index (χ1n) is 6.24. The van der Waals surface area contributed by atoms with Crippen molar-refractivity contribution in [2.45, 2.75) is 65.9 Å². The quantitative estimate of drug-likeness (QED) is 0.515. The fraction of sp³-hybridized carbons (Fsp3) is 0.923. The van der Waals surface area contributed by atoms with Crippen LogP contribution in [0.3, 0.4) is 0 Å². The number of unbranched alkanes of at least 4 members (excludes halogenated alkanes) is 1. The second-order valence-corrected chi connectivity index (χ2v) is 5.09. The van der Waals surface area contributed by atoms with Crippen molar-refractivity contribution in [3.63, 3.8) is 0 Å². The molecule has 0 aliphatic rings. The van der Waals surface area contributed by atoms with Crippen LogP contribution in [0.1, 0.15) is 59.8 Å². The first kappa shape index (κ1) is 15.4. The van der Waals surface area contributed by atoms with Crippen LogP contribution in [0.4, 0.5) is 0 Å². The van der Waals surface area contributed by atoms with Crippen molar-refractivity contribution in [1.29, 1.82) is 0 Å². The number of rotatable bonds is 8. The van der Waals surface area contributed by atoms with E-state index in [1.165, 1.54) is 0 Å². The second kappa shape index (κ2) is 7.66. The second-order valence-electron chi connectivity index (χ2n) is 5.09. The Hall–Kier alpha value is -0.570. The minimum absolute atomic E-state index is 0.100. The zero-order valence-electron chi connectivity index (χ0n) is 11.1. The van der Waals surface area contributed by atoms with Crippen LogP contribution in [0.15, 0.2) is 0 Å². The number of hydrogen-bond acceptors (Lipinski definition) is 3. The van der Waals surface area contributed by atoms with E-state index in [4.69, 9.17) is 4.74 Å². The molecule has 0 rings (SSSR count). The van der Waals surface area contributed by atoms with Crippen LogP contribution < -0.4 is 0 Å². The Balaban J connectivity index is 3.56. The smallest absolute Gasteiger partial charge is 0.305 e. The fourth-order valence-corrected chi connectivity index (χ4v) is 1.32. The minimum Gasteiger partial charge on any atom is -0.466 e. The summed E-state index contributed by atoms with van der Waals surface area (Å²) in [6.07, 6.45) is 3.79. The Kier molecular flexibility index (Phi) is 7.39. The van der Waals surface area contributed by atoms with Crippen LogP contribution in [0.2, 0.25) is 0 Å². The molecule has 0 aromatic rings. The third kappa shape index (κ3) is 6.83. The lowest BCUT2D eigenvalue weighted by atomic mass is 9.83. The first-order valence-corrected chi connectivity index (χ1v) is 6.24. The molecule has 96 valence electrons. The maximum atomic E-state index is 11.2. The van der Waals surface area contributed by atoms with Gasteiger partial charge in [0.2, 0.25) is 0 Å². The number of ether oxygens (including phenoxy) is 1. The van der Waals surface area contributed by atoms with Crippen LogP contribution in [0.5, 0.6) is 0 Å². The van der Waals surface area contributed by atoms with E-state index in [1.807, 2.05) is 13.8 Å². The highest BCUT2D eigenvalue weighted by atomic mass is 16.5. The molecular weight excluding hydrogens is 204 g/mol. The summed E-state index contributed by atoms with van der Waals surface area (Å²) in [6.45, 7) is 8.37. The molecule has 0 saturated carbocycles. The number of carbonyl (C=O) groups is 1.